The van der Waals surface area contributed by atoms with Crippen LogP contribution in [0.5, 0.6) is 0 Å². The molecule has 0 saturated heterocycles. The van der Waals surface area contributed by atoms with Crippen molar-refractivity contribution in [2.75, 3.05) is 0 Å². The minimum Gasteiger partial charge on any atom is -0.455 e. The lowest BCUT2D eigenvalue weighted by molar-refractivity contribution is 0.430. The Kier molecular flexibility index (Phi) is 11.5. The Hall–Kier alpha value is -6.65. The van der Waals surface area contributed by atoms with Gasteiger partial charge in [0, 0.05) is 58.3 Å². The van der Waals surface area contributed by atoms with Crippen LogP contribution >= 0.6 is 0 Å². The van der Waals surface area contributed by atoms with Gasteiger partial charge in [0.05, 0.1) is 17.1 Å². The van der Waals surface area contributed by atoms with E-state index in [1.165, 1.54) is 84.7 Å². The maximum atomic E-state index is 9.14. The fourth-order valence-corrected chi connectivity index (χ4v) is 13.0. The second-order valence-electron chi connectivity index (χ2n) is 21.9. The first-order chi connectivity index (χ1) is 34.6. The predicted molar refractivity (Wildman–Crippen MR) is 288 cm³/mol. The molecular formula is C66H65N3O. The van der Waals surface area contributed by atoms with Crippen LogP contribution in [-0.4, -0.2) is 15.0 Å². The van der Waals surface area contributed by atoms with Crippen LogP contribution in [-0.2, 0) is 35.5 Å². The van der Waals surface area contributed by atoms with Gasteiger partial charge in [0.15, 0.2) is 0 Å². The fourth-order valence-electron chi connectivity index (χ4n) is 13.0. The number of rotatable bonds is 13. The quantitative estimate of drug-likeness (QED) is 0.116. The summed E-state index contributed by atoms with van der Waals surface area (Å²) in [6.45, 7) is 4.77. The standard InChI is InChI=1S/C66H65N3O/c1-64(2,53-25-31-61(69-43-53)58-23-15-22-57-56-28-24-52(49-16-9-10-17-49)39-62(56)70-63(57)58)40-46-36-47(41-65(32-11-12-33-65)54-26-29-59(67-44-54)50-18-5-3-6-19-50)38-48(37-46)42-66(34-13-14-35-66)55-27-30-60(68-45-55)51-20-7-4-8-21-51/h3-8,15,18-31,36-39,43-45,49H,9-14,16-17,32-35,40-42H2,1-2H3/i49D. The molecule has 0 aliphatic heterocycles. The van der Waals surface area contributed by atoms with E-state index in [0.717, 1.165) is 106 Å². The number of pyridine rings is 3. The van der Waals surface area contributed by atoms with Gasteiger partial charge >= 0.3 is 0 Å². The normalized spacial score (nSPS) is 17.6. The zero-order chi connectivity index (χ0) is 48.0. The smallest absolute Gasteiger partial charge is 0.144 e. The summed E-state index contributed by atoms with van der Waals surface area (Å²) in [6.07, 6.45) is 23.2. The lowest BCUT2D eigenvalue weighted by Crippen LogP contribution is -2.27. The summed E-state index contributed by atoms with van der Waals surface area (Å²) in [4.78, 5) is 15.3. The molecule has 3 saturated carbocycles. The number of aromatic nitrogens is 3. The summed E-state index contributed by atoms with van der Waals surface area (Å²) in [5.74, 6) is -0.513. The van der Waals surface area contributed by atoms with E-state index >= 15 is 0 Å². The highest BCUT2D eigenvalue weighted by atomic mass is 16.3. The SMILES string of the molecule is [2H]C1(c2ccc3c(c2)oc2c(-c4ccc(C(C)(C)Cc5cc(CC6(c7ccc(-c8ccccc8)nc7)CCCC6)cc(CC6(c7ccc(-c8ccccc8)nc7)CCCC6)c5)cn4)cccc23)CCCC1. The van der Waals surface area contributed by atoms with E-state index in [1.807, 2.05) is 0 Å². The van der Waals surface area contributed by atoms with Crippen LogP contribution < -0.4 is 0 Å². The highest BCUT2D eigenvalue weighted by Crippen LogP contribution is 2.47. The third-order valence-corrected chi connectivity index (χ3v) is 16.8. The van der Waals surface area contributed by atoms with E-state index in [-0.39, 0.29) is 16.2 Å². The number of nitrogens with zero attached hydrogens (tertiary/aromatic N) is 3. The van der Waals surface area contributed by atoms with Crippen molar-refractivity contribution in [3.63, 3.8) is 0 Å². The minimum atomic E-state index is -0.513. The number of hydrogen-bond donors (Lipinski definition) is 0. The summed E-state index contributed by atoms with van der Waals surface area (Å²) in [5.41, 5.74) is 17.3. The van der Waals surface area contributed by atoms with Crippen molar-refractivity contribution < 1.29 is 5.79 Å². The molecule has 4 heteroatoms. The van der Waals surface area contributed by atoms with Gasteiger partial charge in [-0.3, -0.25) is 15.0 Å². The Morgan fingerprint density at radius 3 is 1.63 bits per heavy atom. The molecule has 9 aromatic rings. The average Bonchev–Trinajstić information content (AvgIpc) is 4.25. The zero-order valence-electron chi connectivity index (χ0n) is 42.0. The van der Waals surface area contributed by atoms with Crippen LogP contribution in [0.15, 0.2) is 175 Å². The van der Waals surface area contributed by atoms with Crippen molar-refractivity contribution in [3.05, 3.63) is 209 Å². The third-order valence-electron chi connectivity index (χ3n) is 16.8. The van der Waals surface area contributed by atoms with E-state index in [2.05, 4.69) is 184 Å². The van der Waals surface area contributed by atoms with Gasteiger partial charge in [-0.25, -0.2) is 0 Å². The molecule has 5 aromatic carbocycles. The molecule has 0 spiro atoms. The van der Waals surface area contributed by atoms with Gasteiger partial charge in [0.2, 0.25) is 0 Å². The molecule has 0 N–H and O–H groups in total. The predicted octanol–water partition coefficient (Wildman–Crippen LogP) is 17.1. The van der Waals surface area contributed by atoms with Crippen LogP contribution in [0, 0.1) is 0 Å². The van der Waals surface area contributed by atoms with Crippen molar-refractivity contribution in [3.8, 4) is 33.8 Å². The van der Waals surface area contributed by atoms with Gasteiger partial charge < -0.3 is 4.42 Å². The van der Waals surface area contributed by atoms with Gasteiger partial charge in [-0.15, -0.1) is 0 Å². The van der Waals surface area contributed by atoms with Crippen LogP contribution in [0.25, 0.3) is 55.7 Å². The summed E-state index contributed by atoms with van der Waals surface area (Å²) >= 11 is 0. The van der Waals surface area contributed by atoms with Crippen LogP contribution in [0.3, 0.4) is 0 Å². The molecule has 4 nitrogen and oxygen atoms in total. The molecular weight excluding hydrogens is 851 g/mol. The lowest BCUT2D eigenvalue weighted by atomic mass is 9.72. The molecule has 0 radical (unpaired) electrons. The Morgan fingerprint density at radius 1 is 0.529 bits per heavy atom. The largest absolute Gasteiger partial charge is 0.455 e. The first-order valence-corrected chi connectivity index (χ1v) is 26.2. The molecule has 0 atom stereocenters. The molecule has 350 valence electrons. The summed E-state index contributed by atoms with van der Waals surface area (Å²) in [6, 6.07) is 55.3. The minimum absolute atomic E-state index is 0.0559. The van der Waals surface area contributed by atoms with Crippen LogP contribution in [0.1, 0.15) is 137 Å². The monoisotopic (exact) mass is 917 g/mol. The van der Waals surface area contributed by atoms with E-state index in [4.69, 9.17) is 20.7 Å². The molecule has 0 unspecified atom stereocenters. The van der Waals surface area contributed by atoms with E-state index in [0.29, 0.717) is 0 Å². The Labute approximate surface area is 416 Å². The molecule has 4 aromatic heterocycles. The maximum Gasteiger partial charge on any atom is 0.144 e. The van der Waals surface area contributed by atoms with Crippen molar-refractivity contribution in [2.24, 2.45) is 0 Å². The molecule has 4 heterocycles. The van der Waals surface area contributed by atoms with Gasteiger partial charge in [-0.05, 0) is 138 Å². The highest BCUT2D eigenvalue weighted by molar-refractivity contribution is 6.09. The molecule has 3 fully saturated rings. The second kappa shape index (κ2) is 18.6. The number of para-hydroxylation sites is 1. The highest BCUT2D eigenvalue weighted by Gasteiger charge is 2.39. The number of fused-ring (bicyclic) bond motifs is 3. The zero-order valence-corrected chi connectivity index (χ0v) is 41.0. The first kappa shape index (κ1) is 43.4. The first-order valence-electron chi connectivity index (χ1n) is 26.7. The molecule has 3 aliphatic carbocycles. The summed E-state index contributed by atoms with van der Waals surface area (Å²) in [7, 11) is 0. The van der Waals surface area contributed by atoms with Crippen molar-refractivity contribution in [1.29, 1.82) is 0 Å². The van der Waals surface area contributed by atoms with E-state index in [1.54, 1.807) is 0 Å². The number of benzene rings is 5. The topological polar surface area (TPSA) is 51.8 Å². The van der Waals surface area contributed by atoms with Gasteiger partial charge in [-0.2, -0.15) is 0 Å². The molecule has 70 heavy (non-hydrogen) atoms. The maximum absolute atomic E-state index is 9.14. The van der Waals surface area contributed by atoms with Crippen molar-refractivity contribution >= 4 is 21.9 Å². The van der Waals surface area contributed by atoms with Crippen LogP contribution in [0.4, 0.5) is 0 Å². The molecule has 3 aliphatic rings. The van der Waals surface area contributed by atoms with Gasteiger partial charge in [-0.1, -0.05) is 174 Å². The molecule has 12 rings (SSSR count). The van der Waals surface area contributed by atoms with E-state index < -0.39 is 5.89 Å². The van der Waals surface area contributed by atoms with Crippen LogP contribution in [0.2, 0.25) is 0 Å². The average molecular weight is 917 g/mol. The van der Waals surface area contributed by atoms with Crippen molar-refractivity contribution in [2.45, 2.75) is 132 Å². The Bertz CT molecular complexity index is 3180. The lowest BCUT2D eigenvalue weighted by Gasteiger charge is -2.33. The summed E-state index contributed by atoms with van der Waals surface area (Å²) in [5, 5.41) is 2.19. The second-order valence-corrected chi connectivity index (χ2v) is 21.9. The number of furan rings is 1. The molecule has 0 amide bonds. The molecule has 0 bridgehead atoms. The van der Waals surface area contributed by atoms with E-state index in [9.17, 15) is 0 Å². The van der Waals surface area contributed by atoms with Crippen molar-refractivity contribution in [1.82, 2.24) is 15.0 Å². The third kappa shape index (κ3) is 8.69. The van der Waals surface area contributed by atoms with Gasteiger partial charge in [0.25, 0.3) is 0 Å². The Balaban J connectivity index is 0.867. The van der Waals surface area contributed by atoms with Gasteiger partial charge in [0.1, 0.15) is 11.2 Å². The Morgan fingerprint density at radius 2 is 1.09 bits per heavy atom. The summed E-state index contributed by atoms with van der Waals surface area (Å²) < 4.78 is 15.8. The number of hydrogen-bond acceptors (Lipinski definition) is 4. The fraction of sp³-hybridized carbons (Fsp3) is 0.318.